The van der Waals surface area contributed by atoms with Crippen molar-refractivity contribution in [2.24, 2.45) is 0 Å². The molecule has 0 saturated heterocycles. The van der Waals surface area contributed by atoms with Crippen molar-refractivity contribution in [1.29, 1.82) is 0 Å². The monoisotopic (exact) mass is 269 g/mol. The normalized spacial score (nSPS) is 10.5. The molecule has 0 bridgehead atoms. The van der Waals surface area contributed by atoms with Crippen molar-refractivity contribution >= 4 is 0 Å². The van der Waals surface area contributed by atoms with Crippen LogP contribution in [-0.4, -0.2) is 47.7 Å². The molecule has 0 saturated carbocycles. The molecule has 108 valence electrons. The molecule has 0 aromatic heterocycles. The minimum absolute atomic E-state index is 0.502. The molecule has 1 aromatic carbocycles. The molecule has 1 aromatic rings. The van der Waals surface area contributed by atoms with E-state index in [0.717, 1.165) is 23.6 Å². The number of ether oxygens (including phenoxy) is 4. The Hall–Kier alpha value is -1.30. The fraction of sp³-hybridized carbons (Fsp3) is 0.571. The summed E-state index contributed by atoms with van der Waals surface area (Å²) >= 11 is 0. The fourth-order valence-corrected chi connectivity index (χ4v) is 1.65. The quantitative estimate of drug-likeness (QED) is 0.652. The summed E-state index contributed by atoms with van der Waals surface area (Å²) in [5.74, 6) is 1.51. The fourth-order valence-electron chi connectivity index (χ4n) is 1.65. The molecule has 0 heterocycles. The Bertz CT molecular complexity index is 357. The van der Waals surface area contributed by atoms with E-state index >= 15 is 0 Å². The highest BCUT2D eigenvalue weighted by atomic mass is 16.5. The molecular formula is C14H23NO4. The molecule has 0 aliphatic heterocycles. The first kappa shape index (κ1) is 15.8. The average Bonchev–Trinajstić information content (AvgIpc) is 2.44. The predicted molar refractivity (Wildman–Crippen MR) is 73.9 cm³/mol. The van der Waals surface area contributed by atoms with E-state index in [-0.39, 0.29) is 0 Å². The summed E-state index contributed by atoms with van der Waals surface area (Å²) in [6.45, 7) is 3.24. The van der Waals surface area contributed by atoms with E-state index in [1.807, 2.05) is 18.2 Å². The maximum atomic E-state index is 5.74. The number of para-hydroxylation sites is 1. The highest BCUT2D eigenvalue weighted by Crippen LogP contribution is 2.30. The zero-order valence-electron chi connectivity index (χ0n) is 11.9. The maximum Gasteiger partial charge on any atom is 0.165 e. The SMILES string of the molecule is COCCNCc1cccc(OC)c1OCCOC. The Labute approximate surface area is 114 Å². The average molecular weight is 269 g/mol. The second-order valence-corrected chi connectivity index (χ2v) is 3.96. The lowest BCUT2D eigenvalue weighted by Gasteiger charge is -2.15. The number of rotatable bonds is 10. The summed E-state index contributed by atoms with van der Waals surface area (Å²) in [6.07, 6.45) is 0. The Morgan fingerprint density at radius 3 is 2.47 bits per heavy atom. The molecule has 0 radical (unpaired) electrons. The van der Waals surface area contributed by atoms with Crippen molar-refractivity contribution in [1.82, 2.24) is 5.32 Å². The van der Waals surface area contributed by atoms with Gasteiger partial charge in [0.2, 0.25) is 0 Å². The Balaban J connectivity index is 2.65. The van der Waals surface area contributed by atoms with Crippen LogP contribution >= 0.6 is 0 Å². The van der Waals surface area contributed by atoms with E-state index in [4.69, 9.17) is 18.9 Å². The van der Waals surface area contributed by atoms with Crippen molar-refractivity contribution in [2.45, 2.75) is 6.54 Å². The third-order valence-electron chi connectivity index (χ3n) is 2.61. The highest BCUT2D eigenvalue weighted by molar-refractivity contribution is 5.46. The van der Waals surface area contributed by atoms with E-state index in [0.29, 0.717) is 26.4 Å². The largest absolute Gasteiger partial charge is 0.493 e. The lowest BCUT2D eigenvalue weighted by molar-refractivity contribution is 0.143. The molecule has 0 unspecified atom stereocenters. The van der Waals surface area contributed by atoms with Crippen molar-refractivity contribution < 1.29 is 18.9 Å². The van der Waals surface area contributed by atoms with Crippen LogP contribution in [0.5, 0.6) is 11.5 Å². The lowest BCUT2D eigenvalue weighted by Crippen LogP contribution is -2.19. The molecule has 0 fully saturated rings. The molecule has 19 heavy (non-hydrogen) atoms. The third-order valence-corrected chi connectivity index (χ3v) is 2.61. The predicted octanol–water partition coefficient (Wildman–Crippen LogP) is 1.46. The van der Waals surface area contributed by atoms with Gasteiger partial charge in [-0.1, -0.05) is 12.1 Å². The molecule has 5 heteroatoms. The van der Waals surface area contributed by atoms with Gasteiger partial charge in [0.25, 0.3) is 0 Å². The van der Waals surface area contributed by atoms with Crippen LogP contribution in [0.4, 0.5) is 0 Å². The first-order valence-corrected chi connectivity index (χ1v) is 6.30. The van der Waals surface area contributed by atoms with Gasteiger partial charge < -0.3 is 24.3 Å². The summed E-state index contributed by atoms with van der Waals surface area (Å²) in [4.78, 5) is 0. The molecule has 0 amide bonds. The molecule has 5 nitrogen and oxygen atoms in total. The van der Waals surface area contributed by atoms with Gasteiger partial charge in [-0.3, -0.25) is 0 Å². The van der Waals surface area contributed by atoms with Crippen LogP contribution in [-0.2, 0) is 16.0 Å². The second kappa shape index (κ2) is 9.61. The third kappa shape index (κ3) is 5.46. The topological polar surface area (TPSA) is 49.0 Å². The van der Waals surface area contributed by atoms with Crippen LogP contribution in [0, 0.1) is 0 Å². The van der Waals surface area contributed by atoms with Crippen LogP contribution in [0.25, 0.3) is 0 Å². The molecule has 1 rings (SSSR count). The lowest BCUT2D eigenvalue weighted by atomic mass is 10.2. The second-order valence-electron chi connectivity index (χ2n) is 3.96. The van der Waals surface area contributed by atoms with Gasteiger partial charge in [-0.15, -0.1) is 0 Å². The molecule has 0 aliphatic rings. The van der Waals surface area contributed by atoms with E-state index < -0.39 is 0 Å². The number of hydrogen-bond acceptors (Lipinski definition) is 5. The molecule has 0 aliphatic carbocycles. The van der Waals surface area contributed by atoms with Crippen molar-refractivity contribution in [3.05, 3.63) is 23.8 Å². The summed E-state index contributed by atoms with van der Waals surface area (Å²) in [6, 6.07) is 5.86. The minimum Gasteiger partial charge on any atom is -0.493 e. The van der Waals surface area contributed by atoms with Crippen LogP contribution < -0.4 is 14.8 Å². The van der Waals surface area contributed by atoms with Crippen LogP contribution in [0.2, 0.25) is 0 Å². The zero-order chi connectivity index (χ0) is 13.9. The Morgan fingerprint density at radius 1 is 1.00 bits per heavy atom. The van der Waals surface area contributed by atoms with Crippen LogP contribution in [0.15, 0.2) is 18.2 Å². The van der Waals surface area contributed by atoms with E-state index in [9.17, 15) is 0 Å². The van der Waals surface area contributed by atoms with Gasteiger partial charge in [0.05, 0.1) is 20.3 Å². The van der Waals surface area contributed by atoms with E-state index in [1.54, 1.807) is 21.3 Å². The number of benzene rings is 1. The van der Waals surface area contributed by atoms with Gasteiger partial charge >= 0.3 is 0 Å². The van der Waals surface area contributed by atoms with Gasteiger partial charge in [-0.2, -0.15) is 0 Å². The Kier molecular flexibility index (Phi) is 7.97. The molecule has 1 N–H and O–H groups in total. The van der Waals surface area contributed by atoms with Crippen LogP contribution in [0.1, 0.15) is 5.56 Å². The van der Waals surface area contributed by atoms with E-state index in [2.05, 4.69) is 5.32 Å². The smallest absolute Gasteiger partial charge is 0.165 e. The number of nitrogens with one attached hydrogen (secondary N) is 1. The van der Waals surface area contributed by atoms with E-state index in [1.165, 1.54) is 0 Å². The maximum absolute atomic E-state index is 5.74. The minimum atomic E-state index is 0.502. The first-order valence-electron chi connectivity index (χ1n) is 6.30. The highest BCUT2D eigenvalue weighted by Gasteiger charge is 2.10. The summed E-state index contributed by atoms with van der Waals surface area (Å²) in [5.41, 5.74) is 1.06. The van der Waals surface area contributed by atoms with Crippen LogP contribution in [0.3, 0.4) is 0 Å². The zero-order valence-corrected chi connectivity index (χ0v) is 11.9. The summed E-state index contributed by atoms with van der Waals surface area (Å²) < 4.78 is 21.1. The standard InChI is InChI=1S/C14H23NO4/c1-16-8-7-15-11-12-5-4-6-13(18-3)14(12)19-10-9-17-2/h4-6,15H,7-11H2,1-3H3. The van der Waals surface area contributed by atoms with Gasteiger partial charge in [0, 0.05) is 32.9 Å². The van der Waals surface area contributed by atoms with Gasteiger partial charge in [-0.25, -0.2) is 0 Å². The van der Waals surface area contributed by atoms with Gasteiger partial charge in [0.1, 0.15) is 6.61 Å². The van der Waals surface area contributed by atoms with Crippen molar-refractivity contribution in [3.8, 4) is 11.5 Å². The number of methoxy groups -OCH3 is 3. The molecule has 0 spiro atoms. The van der Waals surface area contributed by atoms with Gasteiger partial charge in [-0.05, 0) is 6.07 Å². The Morgan fingerprint density at radius 2 is 1.79 bits per heavy atom. The molecular weight excluding hydrogens is 246 g/mol. The summed E-state index contributed by atoms with van der Waals surface area (Å²) in [5, 5.41) is 3.29. The number of hydrogen-bond donors (Lipinski definition) is 1. The van der Waals surface area contributed by atoms with Crippen molar-refractivity contribution in [3.63, 3.8) is 0 Å². The van der Waals surface area contributed by atoms with Gasteiger partial charge in [0.15, 0.2) is 11.5 Å². The first-order chi connectivity index (χ1) is 9.33. The van der Waals surface area contributed by atoms with Crippen molar-refractivity contribution in [2.75, 3.05) is 47.7 Å². The molecule has 0 atom stereocenters. The summed E-state index contributed by atoms with van der Waals surface area (Å²) in [7, 11) is 4.98.